The van der Waals surface area contributed by atoms with Crippen molar-refractivity contribution in [3.63, 3.8) is 0 Å². The first kappa shape index (κ1) is 20.4. The van der Waals surface area contributed by atoms with Crippen LogP contribution in [0.25, 0.3) is 0 Å². The van der Waals surface area contributed by atoms with Crippen molar-refractivity contribution in [2.45, 2.75) is 51.3 Å². The Morgan fingerprint density at radius 2 is 1.73 bits per heavy atom. The number of fused-ring (bicyclic) bond motifs is 1. The van der Waals surface area contributed by atoms with E-state index in [1.165, 1.54) is 12.5 Å². The van der Waals surface area contributed by atoms with Crippen molar-refractivity contribution in [1.29, 1.82) is 0 Å². The van der Waals surface area contributed by atoms with Crippen LogP contribution in [0.2, 0.25) is 0 Å². The highest BCUT2D eigenvalue weighted by Gasteiger charge is 2.43. The lowest BCUT2D eigenvalue weighted by Crippen LogP contribution is -2.52. The monoisotopic (exact) mass is 407 g/mol. The first-order valence-electron chi connectivity index (χ1n) is 10.6. The van der Waals surface area contributed by atoms with Crippen LogP contribution in [0.15, 0.2) is 48.5 Å². The molecule has 0 aromatic heterocycles. The molecule has 0 aliphatic carbocycles. The third-order valence-electron chi connectivity index (χ3n) is 6.02. The van der Waals surface area contributed by atoms with E-state index in [4.69, 9.17) is 4.74 Å². The highest BCUT2D eigenvalue weighted by atomic mass is 16.5. The molecule has 1 fully saturated rings. The number of nitrogens with one attached hydrogen (secondary N) is 2. The molecule has 2 aromatic rings. The Morgan fingerprint density at radius 1 is 1.03 bits per heavy atom. The van der Waals surface area contributed by atoms with Crippen LogP contribution in [-0.2, 0) is 16.1 Å². The summed E-state index contributed by atoms with van der Waals surface area (Å²) in [7, 11) is 0. The molecule has 30 heavy (non-hydrogen) atoms. The molecule has 0 saturated carbocycles. The van der Waals surface area contributed by atoms with Gasteiger partial charge < -0.3 is 15.4 Å². The quantitative estimate of drug-likeness (QED) is 0.812. The Balaban J connectivity index is 1.40. The first-order valence-corrected chi connectivity index (χ1v) is 10.6. The maximum absolute atomic E-state index is 11.7. The summed E-state index contributed by atoms with van der Waals surface area (Å²) in [6.45, 7) is 5.86. The van der Waals surface area contributed by atoms with Crippen molar-refractivity contribution in [2.24, 2.45) is 0 Å². The zero-order valence-corrected chi connectivity index (χ0v) is 17.6. The molecule has 2 amide bonds. The Bertz CT molecular complexity index is 918. The number of ether oxygens (including phenoxy) is 1. The third kappa shape index (κ3) is 4.65. The Morgan fingerprint density at radius 3 is 2.40 bits per heavy atom. The van der Waals surface area contributed by atoms with Gasteiger partial charge >= 0.3 is 0 Å². The molecular weight excluding hydrogens is 378 g/mol. The van der Waals surface area contributed by atoms with E-state index in [1.54, 1.807) is 6.92 Å². The average molecular weight is 408 g/mol. The molecule has 1 saturated heterocycles. The van der Waals surface area contributed by atoms with Gasteiger partial charge in [-0.1, -0.05) is 30.3 Å². The maximum atomic E-state index is 11.7. The van der Waals surface area contributed by atoms with Gasteiger partial charge in [-0.25, -0.2) is 0 Å². The first-order chi connectivity index (χ1) is 14.4. The Hall–Kier alpha value is -2.86. The number of nitrogens with zero attached hydrogens (tertiary/aromatic N) is 1. The predicted molar refractivity (Wildman–Crippen MR) is 116 cm³/mol. The minimum absolute atomic E-state index is 0.000297. The average Bonchev–Trinajstić information content (AvgIpc) is 2.70. The largest absolute Gasteiger partial charge is 0.487 e. The van der Waals surface area contributed by atoms with Crippen LogP contribution in [0.1, 0.15) is 50.3 Å². The standard InChI is InChI=1S/C24H29N3O3/c1-17(28)25-20-9-7-19(8-10-20)16-27-13-11-24(12-14-27)15-22(26-18(2)29)21-5-3-4-6-23(21)30-24/h3-10,22H,11-16H2,1-2H3,(H,25,28)(H,26,29). The molecule has 6 nitrogen and oxygen atoms in total. The number of amides is 2. The molecule has 1 unspecified atom stereocenters. The Kier molecular flexibility index (Phi) is 5.77. The van der Waals surface area contributed by atoms with E-state index in [9.17, 15) is 9.59 Å². The second-order valence-corrected chi connectivity index (χ2v) is 8.43. The van der Waals surface area contributed by atoms with Crippen molar-refractivity contribution < 1.29 is 14.3 Å². The number of piperidine rings is 1. The lowest BCUT2D eigenvalue weighted by molar-refractivity contribution is -0.120. The van der Waals surface area contributed by atoms with Crippen LogP contribution in [0.3, 0.4) is 0 Å². The normalized spacial score (nSPS) is 20.1. The van der Waals surface area contributed by atoms with Crippen LogP contribution in [-0.4, -0.2) is 35.4 Å². The van der Waals surface area contributed by atoms with Gasteiger partial charge in [0.05, 0.1) is 6.04 Å². The van der Waals surface area contributed by atoms with Gasteiger partial charge in [0.1, 0.15) is 11.4 Å². The summed E-state index contributed by atoms with van der Waals surface area (Å²) in [6, 6.07) is 16.1. The van der Waals surface area contributed by atoms with Gasteiger partial charge in [0.2, 0.25) is 11.8 Å². The van der Waals surface area contributed by atoms with Crippen molar-refractivity contribution >= 4 is 17.5 Å². The summed E-state index contributed by atoms with van der Waals surface area (Å²) >= 11 is 0. The lowest BCUT2D eigenvalue weighted by Gasteiger charge is -2.47. The summed E-state index contributed by atoms with van der Waals surface area (Å²) in [4.78, 5) is 25.4. The van der Waals surface area contributed by atoms with Crippen LogP contribution in [0, 0.1) is 0 Å². The number of para-hydroxylation sites is 1. The second kappa shape index (κ2) is 8.48. The van der Waals surface area contributed by atoms with Crippen molar-refractivity contribution in [1.82, 2.24) is 10.2 Å². The minimum Gasteiger partial charge on any atom is -0.487 e. The van der Waals surface area contributed by atoms with Crippen molar-refractivity contribution in [3.05, 3.63) is 59.7 Å². The number of hydrogen-bond donors (Lipinski definition) is 2. The molecular formula is C24H29N3O3. The van der Waals surface area contributed by atoms with Crippen LogP contribution in [0.4, 0.5) is 5.69 Å². The Labute approximate surface area is 177 Å². The predicted octanol–water partition coefficient (Wildman–Crippen LogP) is 3.64. The van der Waals surface area contributed by atoms with E-state index >= 15 is 0 Å². The number of rotatable bonds is 4. The number of carbonyl (C=O) groups excluding carboxylic acids is 2. The van der Waals surface area contributed by atoms with Gasteiger partial charge in [0.25, 0.3) is 0 Å². The zero-order valence-electron chi connectivity index (χ0n) is 17.6. The van der Waals surface area contributed by atoms with E-state index < -0.39 is 0 Å². The van der Waals surface area contributed by atoms with E-state index in [1.807, 2.05) is 36.4 Å². The summed E-state index contributed by atoms with van der Waals surface area (Å²) < 4.78 is 6.51. The molecule has 0 radical (unpaired) electrons. The molecule has 158 valence electrons. The number of carbonyl (C=O) groups is 2. The fraction of sp³-hybridized carbons (Fsp3) is 0.417. The smallest absolute Gasteiger partial charge is 0.221 e. The van der Waals surface area contributed by atoms with Crippen molar-refractivity contribution in [2.75, 3.05) is 18.4 Å². The molecule has 2 aliphatic rings. The van der Waals surface area contributed by atoms with Crippen LogP contribution in [0.5, 0.6) is 5.75 Å². The number of benzene rings is 2. The summed E-state index contributed by atoms with van der Waals surface area (Å²) in [5.41, 5.74) is 2.89. The van der Waals surface area contributed by atoms with Gasteiger partial charge in [-0.05, 0) is 36.6 Å². The van der Waals surface area contributed by atoms with E-state index in [2.05, 4.69) is 27.7 Å². The van der Waals surface area contributed by atoms with Crippen molar-refractivity contribution in [3.8, 4) is 5.75 Å². The van der Waals surface area contributed by atoms with Gasteiger partial charge in [0.15, 0.2) is 0 Å². The van der Waals surface area contributed by atoms with E-state index in [0.717, 1.165) is 55.9 Å². The second-order valence-electron chi connectivity index (χ2n) is 8.43. The molecule has 0 bridgehead atoms. The number of likely N-dealkylation sites (tertiary alicyclic amines) is 1. The fourth-order valence-corrected chi connectivity index (χ4v) is 4.57. The van der Waals surface area contributed by atoms with Gasteiger partial charge in [-0.15, -0.1) is 0 Å². The third-order valence-corrected chi connectivity index (χ3v) is 6.02. The topological polar surface area (TPSA) is 70.7 Å². The summed E-state index contributed by atoms with van der Waals surface area (Å²) in [5, 5.41) is 5.92. The molecule has 6 heteroatoms. The molecule has 2 aliphatic heterocycles. The van der Waals surface area contributed by atoms with Crippen LogP contribution >= 0.6 is 0 Å². The fourth-order valence-electron chi connectivity index (χ4n) is 4.57. The minimum atomic E-state index is -0.229. The lowest BCUT2D eigenvalue weighted by atomic mass is 9.80. The summed E-state index contributed by atoms with van der Waals surface area (Å²) in [6.07, 6.45) is 2.67. The highest BCUT2D eigenvalue weighted by molar-refractivity contribution is 5.88. The number of anilines is 1. The molecule has 1 spiro atoms. The summed E-state index contributed by atoms with van der Waals surface area (Å²) in [5.74, 6) is 0.826. The molecule has 2 N–H and O–H groups in total. The van der Waals surface area contributed by atoms with E-state index in [0.29, 0.717) is 0 Å². The van der Waals surface area contributed by atoms with Gasteiger partial charge in [-0.2, -0.15) is 0 Å². The number of hydrogen-bond acceptors (Lipinski definition) is 4. The molecule has 1 atom stereocenters. The maximum Gasteiger partial charge on any atom is 0.221 e. The SMILES string of the molecule is CC(=O)Nc1ccc(CN2CCC3(CC2)CC(NC(C)=O)c2ccccc2O3)cc1. The van der Waals surface area contributed by atoms with E-state index in [-0.39, 0.29) is 23.5 Å². The zero-order chi connectivity index (χ0) is 21.1. The molecule has 2 aromatic carbocycles. The molecule has 2 heterocycles. The molecule has 4 rings (SSSR count). The highest BCUT2D eigenvalue weighted by Crippen LogP contribution is 2.44. The van der Waals surface area contributed by atoms with Gasteiger partial charge in [-0.3, -0.25) is 14.5 Å². The van der Waals surface area contributed by atoms with Crippen LogP contribution < -0.4 is 15.4 Å². The van der Waals surface area contributed by atoms with Gasteiger partial charge in [0, 0.05) is 51.2 Å².